The first-order valence-corrected chi connectivity index (χ1v) is 12.8. The van der Waals surface area contributed by atoms with E-state index in [-0.39, 0.29) is 13.2 Å². The number of carbonyl (C=O) groups excluding carboxylic acids is 2. The van der Waals surface area contributed by atoms with Gasteiger partial charge in [0.1, 0.15) is 11.4 Å². The normalized spacial score (nSPS) is 18.1. The monoisotopic (exact) mass is 505 g/mol. The van der Waals surface area contributed by atoms with Gasteiger partial charge in [-0.1, -0.05) is 60.7 Å². The molecule has 0 amide bonds. The Hall–Kier alpha value is -4.36. The van der Waals surface area contributed by atoms with Crippen molar-refractivity contribution in [2.24, 2.45) is 0 Å². The molecule has 6 rings (SSSR count). The molecule has 7 nitrogen and oxygen atoms in total. The first-order valence-electron chi connectivity index (χ1n) is 12.8. The highest BCUT2D eigenvalue weighted by Gasteiger charge is 2.53. The molecule has 0 spiro atoms. The smallest absolute Gasteiger partial charge is 0.336 e. The van der Waals surface area contributed by atoms with Crippen LogP contribution in [0.5, 0.6) is 0 Å². The molecule has 38 heavy (non-hydrogen) atoms. The van der Waals surface area contributed by atoms with E-state index < -0.39 is 24.0 Å². The standard InChI is InChI=1S/C31H27N3O4/c1-4-37-30(35)24-25(31(36)38-5-2)29-23-17-21-20(16-22(23)28(24)34(29)3)26(18-12-8-6-9-13-18)32-33-27(21)19-14-10-7-11-15-19/h6-17,28-29H,4-5H2,1-3H3/t28-,29+. The van der Waals surface area contributed by atoms with E-state index in [4.69, 9.17) is 9.47 Å². The summed E-state index contributed by atoms with van der Waals surface area (Å²) in [6.07, 6.45) is 0. The van der Waals surface area contributed by atoms with Gasteiger partial charge in [0.25, 0.3) is 0 Å². The number of nitrogens with zero attached hydrogens (tertiary/aromatic N) is 3. The van der Waals surface area contributed by atoms with Crippen LogP contribution >= 0.6 is 0 Å². The van der Waals surface area contributed by atoms with E-state index in [0.717, 1.165) is 44.4 Å². The third-order valence-corrected chi connectivity index (χ3v) is 7.31. The van der Waals surface area contributed by atoms with Gasteiger partial charge in [-0.05, 0) is 44.2 Å². The fourth-order valence-electron chi connectivity index (χ4n) is 5.79. The zero-order valence-corrected chi connectivity index (χ0v) is 21.5. The molecule has 190 valence electrons. The molecule has 0 N–H and O–H groups in total. The van der Waals surface area contributed by atoms with Crippen molar-refractivity contribution in [3.63, 3.8) is 0 Å². The third kappa shape index (κ3) is 3.62. The maximum Gasteiger partial charge on any atom is 0.336 e. The van der Waals surface area contributed by atoms with Gasteiger partial charge in [-0.2, -0.15) is 0 Å². The quantitative estimate of drug-likeness (QED) is 0.323. The van der Waals surface area contributed by atoms with Crippen LogP contribution in [-0.4, -0.2) is 47.3 Å². The lowest BCUT2D eigenvalue weighted by atomic mass is 9.83. The van der Waals surface area contributed by atoms with Gasteiger partial charge in [-0.15, -0.1) is 10.2 Å². The molecule has 0 radical (unpaired) electrons. The maximum absolute atomic E-state index is 13.2. The number of hydrogen-bond donors (Lipinski definition) is 0. The third-order valence-electron chi connectivity index (χ3n) is 7.31. The summed E-state index contributed by atoms with van der Waals surface area (Å²) in [6, 6.07) is 23.3. The van der Waals surface area contributed by atoms with Crippen LogP contribution in [-0.2, 0) is 19.1 Å². The summed E-state index contributed by atoms with van der Waals surface area (Å²) >= 11 is 0. The summed E-state index contributed by atoms with van der Waals surface area (Å²) in [5, 5.41) is 11.2. The second-order valence-corrected chi connectivity index (χ2v) is 9.39. The second-order valence-electron chi connectivity index (χ2n) is 9.39. The number of carbonyl (C=O) groups is 2. The number of ether oxygens (including phenoxy) is 2. The maximum atomic E-state index is 13.2. The number of likely N-dealkylation sites (N-methyl/N-ethyl adjacent to an activating group) is 1. The molecular formula is C31H27N3O4. The lowest BCUT2D eigenvalue weighted by molar-refractivity contribution is -0.142. The Morgan fingerprint density at radius 2 is 1.11 bits per heavy atom. The van der Waals surface area contributed by atoms with Gasteiger partial charge in [0.2, 0.25) is 0 Å². The molecule has 0 saturated carbocycles. The molecule has 2 aliphatic rings. The minimum atomic E-state index is -0.484. The van der Waals surface area contributed by atoms with E-state index in [9.17, 15) is 9.59 Å². The number of rotatable bonds is 6. The Morgan fingerprint density at radius 1 is 0.711 bits per heavy atom. The van der Waals surface area contributed by atoms with Crippen molar-refractivity contribution in [1.82, 2.24) is 15.1 Å². The van der Waals surface area contributed by atoms with Gasteiger partial charge >= 0.3 is 11.9 Å². The summed E-state index contributed by atoms with van der Waals surface area (Å²) in [5.41, 5.74) is 6.08. The average Bonchev–Trinajstić information content (AvgIpc) is 3.39. The van der Waals surface area contributed by atoms with Gasteiger partial charge in [-0.3, -0.25) is 4.90 Å². The molecule has 2 atom stereocenters. The minimum absolute atomic E-state index is 0.221. The highest BCUT2D eigenvalue weighted by atomic mass is 16.5. The van der Waals surface area contributed by atoms with Crippen LogP contribution in [0.2, 0.25) is 0 Å². The zero-order valence-electron chi connectivity index (χ0n) is 21.5. The highest BCUT2D eigenvalue weighted by Crippen LogP contribution is 2.57. The van der Waals surface area contributed by atoms with Crippen molar-refractivity contribution < 1.29 is 19.1 Å². The van der Waals surface area contributed by atoms with E-state index in [1.807, 2.05) is 72.6 Å². The summed E-state index contributed by atoms with van der Waals surface area (Å²) in [4.78, 5) is 28.4. The molecule has 2 bridgehead atoms. The molecule has 0 aliphatic carbocycles. The van der Waals surface area contributed by atoms with E-state index in [0.29, 0.717) is 11.1 Å². The Balaban J connectivity index is 1.63. The zero-order chi connectivity index (χ0) is 26.4. The van der Waals surface area contributed by atoms with Crippen LogP contribution in [0.25, 0.3) is 33.3 Å². The molecular weight excluding hydrogens is 478 g/mol. The van der Waals surface area contributed by atoms with Crippen molar-refractivity contribution >= 4 is 22.7 Å². The Morgan fingerprint density at radius 3 is 1.47 bits per heavy atom. The Labute approximate surface area is 220 Å². The molecule has 7 heteroatoms. The van der Waals surface area contributed by atoms with E-state index in [2.05, 4.69) is 22.3 Å². The number of esters is 2. The van der Waals surface area contributed by atoms with Crippen LogP contribution in [0, 0.1) is 0 Å². The largest absolute Gasteiger partial charge is 0.463 e. The van der Waals surface area contributed by atoms with Crippen LogP contribution in [0.15, 0.2) is 83.9 Å². The number of hydrogen-bond acceptors (Lipinski definition) is 7. The summed E-state index contributed by atoms with van der Waals surface area (Å²) in [6.45, 7) is 3.96. The van der Waals surface area contributed by atoms with E-state index >= 15 is 0 Å². The Bertz CT molecular complexity index is 1480. The predicted molar refractivity (Wildman–Crippen MR) is 144 cm³/mol. The lowest BCUT2D eigenvalue weighted by Crippen LogP contribution is -2.21. The van der Waals surface area contributed by atoms with Crippen molar-refractivity contribution in [1.29, 1.82) is 0 Å². The molecule has 1 aromatic heterocycles. The van der Waals surface area contributed by atoms with Gasteiger partial charge in [0, 0.05) is 21.9 Å². The first-order chi connectivity index (χ1) is 18.5. The van der Waals surface area contributed by atoms with Crippen molar-refractivity contribution in [2.75, 3.05) is 20.3 Å². The molecule has 4 aromatic rings. The van der Waals surface area contributed by atoms with Crippen molar-refractivity contribution in [3.8, 4) is 22.5 Å². The molecule has 2 aliphatic heterocycles. The van der Waals surface area contributed by atoms with Crippen LogP contribution in [0.1, 0.15) is 37.1 Å². The minimum Gasteiger partial charge on any atom is -0.463 e. The van der Waals surface area contributed by atoms with Crippen molar-refractivity contribution in [2.45, 2.75) is 25.9 Å². The second kappa shape index (κ2) is 9.50. The topological polar surface area (TPSA) is 81.6 Å². The van der Waals surface area contributed by atoms with Crippen molar-refractivity contribution in [3.05, 3.63) is 95.1 Å². The predicted octanol–water partition coefficient (Wildman–Crippen LogP) is 5.43. The Kier molecular flexibility index (Phi) is 6.00. The molecule has 3 heterocycles. The SMILES string of the molecule is CCOC(=O)C1=C(C(=O)OCC)[C@H]2c3cc4c(-c5ccccc5)nnc(-c5ccccc5)c4cc3[C@@H]1N2C. The summed E-state index contributed by atoms with van der Waals surface area (Å²) in [7, 11) is 1.93. The van der Waals surface area contributed by atoms with E-state index in [1.165, 1.54) is 0 Å². The van der Waals surface area contributed by atoms with Gasteiger partial charge in [-0.25, -0.2) is 9.59 Å². The van der Waals surface area contributed by atoms with Gasteiger partial charge < -0.3 is 9.47 Å². The van der Waals surface area contributed by atoms with Crippen LogP contribution in [0.4, 0.5) is 0 Å². The lowest BCUT2D eigenvalue weighted by Gasteiger charge is -2.21. The van der Waals surface area contributed by atoms with Gasteiger partial charge in [0.15, 0.2) is 0 Å². The average molecular weight is 506 g/mol. The number of aromatic nitrogens is 2. The van der Waals surface area contributed by atoms with Crippen LogP contribution < -0.4 is 0 Å². The fourth-order valence-corrected chi connectivity index (χ4v) is 5.79. The fraction of sp³-hybridized carbons (Fsp3) is 0.226. The first kappa shape index (κ1) is 24.0. The van der Waals surface area contributed by atoms with Crippen LogP contribution in [0.3, 0.4) is 0 Å². The molecule has 3 aromatic carbocycles. The van der Waals surface area contributed by atoms with E-state index in [1.54, 1.807) is 13.8 Å². The summed E-state index contributed by atoms with van der Waals surface area (Å²) in [5.74, 6) is -0.969. The summed E-state index contributed by atoms with van der Waals surface area (Å²) < 4.78 is 10.8. The van der Waals surface area contributed by atoms with Gasteiger partial charge in [0.05, 0.1) is 36.4 Å². The number of benzene rings is 3. The molecule has 0 fully saturated rings. The molecule has 0 saturated heterocycles. The molecule has 0 unspecified atom stereocenters. The highest BCUT2D eigenvalue weighted by molar-refractivity contribution is 6.07. The number of fused-ring (bicyclic) bond motifs is 6.